The van der Waals surface area contributed by atoms with Crippen LogP contribution >= 0.6 is 0 Å². The number of hydrogen-bond donors (Lipinski definition) is 0. The summed E-state index contributed by atoms with van der Waals surface area (Å²) in [5.41, 5.74) is 15.2. The van der Waals surface area contributed by atoms with E-state index in [9.17, 15) is 0 Å². The van der Waals surface area contributed by atoms with Gasteiger partial charge in [-0.3, -0.25) is 0 Å². The predicted molar refractivity (Wildman–Crippen MR) is 234 cm³/mol. The average Bonchev–Trinajstić information content (AvgIpc) is 3.10. The van der Waals surface area contributed by atoms with Crippen molar-refractivity contribution in [1.82, 2.24) is 0 Å². The van der Waals surface area contributed by atoms with Crippen molar-refractivity contribution < 1.29 is 0 Å². The van der Waals surface area contributed by atoms with E-state index in [1.807, 2.05) is 36.5 Å². The highest BCUT2D eigenvalue weighted by Crippen LogP contribution is 2.76. The molecule has 0 heterocycles. The topological polar surface area (TPSA) is 0 Å². The van der Waals surface area contributed by atoms with Gasteiger partial charge in [-0.2, -0.15) is 0 Å². The first-order chi connectivity index (χ1) is 25.6. The van der Waals surface area contributed by atoms with Crippen molar-refractivity contribution in [3.63, 3.8) is 0 Å². The van der Waals surface area contributed by atoms with E-state index in [0.29, 0.717) is 21.7 Å². The van der Waals surface area contributed by atoms with Gasteiger partial charge < -0.3 is 0 Å². The van der Waals surface area contributed by atoms with Crippen LogP contribution in [0.5, 0.6) is 0 Å². The molecule has 11 rings (SSSR count). The molecule has 4 unspecified atom stereocenters. The summed E-state index contributed by atoms with van der Waals surface area (Å²) in [6.45, 7) is 35.8. The van der Waals surface area contributed by atoms with Crippen LogP contribution in [-0.4, -0.2) is 0 Å². The second kappa shape index (κ2) is 11.3. The highest BCUT2D eigenvalue weighted by atomic mass is 14.7. The molecule has 3 aromatic rings. The van der Waals surface area contributed by atoms with Gasteiger partial charge >= 0.3 is 0 Å². The van der Waals surface area contributed by atoms with E-state index >= 15 is 0 Å². The van der Waals surface area contributed by atoms with Crippen LogP contribution in [0.4, 0.5) is 0 Å². The van der Waals surface area contributed by atoms with Gasteiger partial charge in [0.1, 0.15) is 0 Å². The van der Waals surface area contributed by atoms with E-state index in [-0.39, 0.29) is 21.7 Å². The lowest BCUT2D eigenvalue weighted by Gasteiger charge is -2.71. The summed E-state index contributed by atoms with van der Waals surface area (Å²) in [5, 5.41) is 0. The van der Waals surface area contributed by atoms with E-state index in [4.69, 9.17) is 0 Å². The van der Waals surface area contributed by atoms with Crippen molar-refractivity contribution in [2.45, 2.75) is 126 Å². The summed E-state index contributed by atoms with van der Waals surface area (Å²) in [6, 6.07) is 20.2. The first kappa shape index (κ1) is 35.8. The Morgan fingerprint density at radius 1 is 0.352 bits per heavy atom. The lowest BCUT2D eigenvalue weighted by atomic mass is 9.33. The highest BCUT2D eigenvalue weighted by molar-refractivity contribution is 5.75. The summed E-state index contributed by atoms with van der Waals surface area (Å²) in [4.78, 5) is 0. The molecule has 8 saturated carbocycles. The molecule has 278 valence electrons. The van der Waals surface area contributed by atoms with Gasteiger partial charge in [-0.25, -0.2) is 0 Å². The average molecular weight is 711 g/mol. The zero-order valence-corrected chi connectivity index (χ0v) is 33.8. The van der Waals surface area contributed by atoms with Crippen LogP contribution in [0.2, 0.25) is 0 Å². The normalized spacial score (nSPS) is 39.6. The minimum absolute atomic E-state index is 0.137. The molecule has 4 atom stereocenters. The maximum Gasteiger partial charge on any atom is -0.00277 e. The van der Waals surface area contributed by atoms with E-state index in [1.165, 1.54) is 110 Å². The molecular weight excluding hydrogens is 649 g/mol. The molecular formula is C54H62. The van der Waals surface area contributed by atoms with Gasteiger partial charge in [0.05, 0.1) is 0 Å². The Balaban J connectivity index is 1.17. The van der Waals surface area contributed by atoms with Crippen LogP contribution in [0.15, 0.2) is 88.0 Å². The van der Waals surface area contributed by atoms with Gasteiger partial charge in [0.2, 0.25) is 0 Å². The quantitative estimate of drug-likeness (QED) is 0.196. The molecule has 8 bridgehead atoms. The molecule has 54 heavy (non-hydrogen) atoms. The van der Waals surface area contributed by atoms with Crippen molar-refractivity contribution in [2.24, 2.45) is 21.7 Å². The molecule has 0 saturated heterocycles. The molecule has 0 heteroatoms. The molecule has 8 fully saturated rings. The van der Waals surface area contributed by atoms with Gasteiger partial charge in [-0.1, -0.05) is 152 Å². The molecule has 0 amide bonds. The maximum atomic E-state index is 4.24. The van der Waals surface area contributed by atoms with Crippen LogP contribution in [0.3, 0.4) is 0 Å². The number of rotatable bonds is 10. The molecule has 0 nitrogen and oxygen atoms in total. The largest absolute Gasteiger partial charge is 0.0984 e. The van der Waals surface area contributed by atoms with Crippen LogP contribution in [-0.2, 0) is 21.7 Å². The predicted octanol–water partition coefficient (Wildman–Crippen LogP) is 14.7. The monoisotopic (exact) mass is 710 g/mol. The number of hydrogen-bond acceptors (Lipinski definition) is 0. The van der Waals surface area contributed by atoms with Crippen molar-refractivity contribution in [1.29, 1.82) is 0 Å². The Morgan fingerprint density at radius 3 is 0.889 bits per heavy atom. The lowest BCUT2D eigenvalue weighted by molar-refractivity contribution is -0.128. The molecule has 3 aromatic carbocycles. The van der Waals surface area contributed by atoms with Crippen LogP contribution in [0.25, 0.3) is 36.5 Å². The summed E-state index contributed by atoms with van der Waals surface area (Å²) < 4.78 is 0. The summed E-state index contributed by atoms with van der Waals surface area (Å²) in [5.74, 6) is 0. The van der Waals surface area contributed by atoms with Gasteiger partial charge in [-0.05, 0) is 176 Å². The van der Waals surface area contributed by atoms with Gasteiger partial charge in [0, 0.05) is 0 Å². The zero-order chi connectivity index (χ0) is 38.2. The molecule has 8 aliphatic rings. The van der Waals surface area contributed by atoms with Crippen LogP contribution in [0, 0.1) is 21.7 Å². The molecule has 0 N–H and O–H groups in total. The van der Waals surface area contributed by atoms with Gasteiger partial charge in [0.25, 0.3) is 0 Å². The van der Waals surface area contributed by atoms with Crippen molar-refractivity contribution >= 4 is 36.5 Å². The fraction of sp³-hybridized carbons (Fsp3) is 0.444. The maximum absolute atomic E-state index is 4.24. The molecule has 8 aliphatic carbocycles. The Morgan fingerprint density at radius 2 is 0.630 bits per heavy atom. The van der Waals surface area contributed by atoms with E-state index < -0.39 is 0 Å². The second-order valence-electron chi connectivity index (χ2n) is 21.4. The fourth-order valence-corrected chi connectivity index (χ4v) is 17.0. The summed E-state index contributed by atoms with van der Waals surface area (Å²) >= 11 is 0. The number of benzene rings is 3. The molecule has 0 aromatic heterocycles. The van der Waals surface area contributed by atoms with E-state index in [2.05, 4.69) is 116 Å². The first-order valence-corrected chi connectivity index (χ1v) is 20.8. The van der Waals surface area contributed by atoms with Crippen LogP contribution in [0.1, 0.15) is 160 Å². The Kier molecular flexibility index (Phi) is 7.51. The second-order valence-corrected chi connectivity index (χ2v) is 21.4. The highest BCUT2D eigenvalue weighted by Gasteiger charge is 2.68. The SMILES string of the molecule is C=Cc1cc(C23CC4(C)CC(C)(CC(c5cccc(C67CC8(C)CC(C)(C6)CC(c6cc(C=C)c(C=C)c(C=C)c6)(C8)C7)c5)(C4)C2)C3)cc(C=C)c1C=C. The smallest absolute Gasteiger partial charge is 0.00277 e. The van der Waals surface area contributed by atoms with Crippen molar-refractivity contribution in [3.8, 4) is 0 Å². The third-order valence-electron chi connectivity index (χ3n) is 16.3. The minimum atomic E-state index is 0.137. The lowest BCUT2D eigenvalue weighted by Crippen LogP contribution is -2.63. The molecule has 0 spiro atoms. The van der Waals surface area contributed by atoms with E-state index in [0.717, 1.165) is 11.1 Å². The first-order valence-electron chi connectivity index (χ1n) is 20.8. The fourth-order valence-electron chi connectivity index (χ4n) is 17.0. The Labute approximate surface area is 327 Å². The molecule has 0 radical (unpaired) electrons. The summed E-state index contributed by atoms with van der Waals surface area (Å²) in [7, 11) is 0. The van der Waals surface area contributed by atoms with Gasteiger partial charge in [-0.15, -0.1) is 0 Å². The van der Waals surface area contributed by atoms with Crippen molar-refractivity contribution in [2.75, 3.05) is 0 Å². The van der Waals surface area contributed by atoms with Gasteiger partial charge in [0.15, 0.2) is 0 Å². The minimum Gasteiger partial charge on any atom is -0.0984 e. The third kappa shape index (κ3) is 5.00. The third-order valence-corrected chi connectivity index (χ3v) is 16.3. The van der Waals surface area contributed by atoms with Crippen LogP contribution < -0.4 is 0 Å². The standard InChI is InChI=1S/C54H62/c1-11-37-20-43(21-38(12-2)45(37)15-5)53-31-47(7)25-48(8,32-53)28-51(27-47,35-53)41-18-17-19-42(24-41)52-29-49(9)26-50(10,30-52)34-54(33-49,36-52)44-22-39(13-3)46(16-6)40(14-4)23-44/h11-24H,1-6,25-36H2,7-10H3. The Bertz CT molecular complexity index is 1940. The van der Waals surface area contributed by atoms with E-state index in [1.54, 1.807) is 11.1 Å². The molecule has 0 aliphatic heterocycles. The van der Waals surface area contributed by atoms with Crippen molar-refractivity contribution in [3.05, 3.63) is 144 Å². The summed E-state index contributed by atoms with van der Waals surface area (Å²) in [6.07, 6.45) is 27.5. The zero-order valence-electron chi connectivity index (χ0n) is 33.8. The Hall–Kier alpha value is -3.90.